The third kappa shape index (κ3) is 3.79. The van der Waals surface area contributed by atoms with Crippen LogP contribution in [-0.4, -0.2) is 35.1 Å². The summed E-state index contributed by atoms with van der Waals surface area (Å²) in [4.78, 5) is 14.9. The summed E-state index contributed by atoms with van der Waals surface area (Å²) >= 11 is 0. The number of amides is 1. The molecule has 3 saturated carbocycles. The van der Waals surface area contributed by atoms with Crippen LogP contribution in [0.3, 0.4) is 0 Å². The third-order valence-electron chi connectivity index (χ3n) is 11.4. The molecule has 0 bridgehead atoms. The molecule has 180 valence electrons. The summed E-state index contributed by atoms with van der Waals surface area (Å²) in [7, 11) is 0. The van der Waals surface area contributed by atoms with Crippen LogP contribution in [0.2, 0.25) is 0 Å². The molecule has 0 radical (unpaired) electrons. The highest BCUT2D eigenvalue weighted by Gasteiger charge is 2.59. The fourth-order valence-corrected chi connectivity index (χ4v) is 9.43. The van der Waals surface area contributed by atoms with Crippen molar-refractivity contribution in [1.29, 1.82) is 0 Å². The average Bonchev–Trinajstić information content (AvgIpc) is 3.15. The quantitative estimate of drug-likeness (QED) is 0.527. The predicted octanol–water partition coefficient (Wildman–Crippen LogP) is 6.21. The van der Waals surface area contributed by atoms with Crippen molar-refractivity contribution in [2.24, 2.45) is 46.3 Å². The lowest BCUT2D eigenvalue weighted by Crippen LogP contribution is -2.52. The van der Waals surface area contributed by atoms with Crippen molar-refractivity contribution in [3.63, 3.8) is 0 Å². The van der Waals surface area contributed by atoms with E-state index in [4.69, 9.17) is 0 Å². The fraction of sp³-hybridized carbons (Fsp3) is 0.897. The zero-order valence-electron chi connectivity index (χ0n) is 20.9. The lowest BCUT2D eigenvalue weighted by Gasteiger charge is -2.59. The van der Waals surface area contributed by atoms with Crippen LogP contribution in [0.5, 0.6) is 0 Å². The largest absolute Gasteiger partial charge is 0.393 e. The van der Waals surface area contributed by atoms with Crippen LogP contribution in [0.25, 0.3) is 0 Å². The van der Waals surface area contributed by atoms with Gasteiger partial charge in [0.25, 0.3) is 0 Å². The van der Waals surface area contributed by atoms with Crippen LogP contribution >= 0.6 is 0 Å². The molecular formula is C29H47NO2. The van der Waals surface area contributed by atoms with E-state index >= 15 is 0 Å². The normalized spacial score (nSPS) is 46.8. The standard InChI is InChI=1S/C29H47NO2/c1-20(7-12-27(32)30-17-5-4-6-18-30)24-10-11-25-23-9-8-21-19-22(31)13-15-28(21,2)26(23)14-16-29(24,25)3/h8-9,20-26,31H,4-7,10-19H2,1-3H3. The second kappa shape index (κ2) is 8.75. The van der Waals surface area contributed by atoms with Crippen LogP contribution in [-0.2, 0) is 4.79 Å². The maximum Gasteiger partial charge on any atom is 0.222 e. The summed E-state index contributed by atoms with van der Waals surface area (Å²) in [5.41, 5.74) is 0.834. The summed E-state index contributed by atoms with van der Waals surface area (Å²) < 4.78 is 0. The second-order valence-corrected chi connectivity index (χ2v) is 12.9. The number of piperidine rings is 1. The van der Waals surface area contributed by atoms with Crippen molar-refractivity contribution in [3.05, 3.63) is 12.2 Å². The van der Waals surface area contributed by atoms with Gasteiger partial charge in [-0.15, -0.1) is 0 Å². The molecule has 0 spiro atoms. The Labute approximate surface area is 196 Å². The first kappa shape index (κ1) is 22.9. The van der Waals surface area contributed by atoms with Gasteiger partial charge in [0.1, 0.15) is 0 Å². The molecular weight excluding hydrogens is 394 g/mol. The molecule has 0 aromatic carbocycles. The number of hydrogen-bond acceptors (Lipinski definition) is 2. The van der Waals surface area contributed by atoms with Crippen LogP contribution in [0.4, 0.5) is 0 Å². The number of nitrogens with zero attached hydrogens (tertiary/aromatic N) is 1. The first-order chi connectivity index (χ1) is 15.3. The zero-order chi connectivity index (χ0) is 22.5. The Hall–Kier alpha value is -0.830. The Morgan fingerprint density at radius 1 is 1.00 bits per heavy atom. The van der Waals surface area contributed by atoms with Crippen molar-refractivity contribution in [2.45, 2.75) is 104 Å². The minimum atomic E-state index is -0.0903. The van der Waals surface area contributed by atoms with Gasteiger partial charge in [-0.05, 0) is 117 Å². The molecule has 0 aromatic rings. The summed E-state index contributed by atoms with van der Waals surface area (Å²) in [6.45, 7) is 9.59. The Morgan fingerprint density at radius 3 is 2.50 bits per heavy atom. The molecule has 0 aromatic heterocycles. The highest BCUT2D eigenvalue weighted by atomic mass is 16.3. The molecule has 3 heteroatoms. The monoisotopic (exact) mass is 441 g/mol. The van der Waals surface area contributed by atoms with E-state index in [2.05, 4.69) is 37.8 Å². The van der Waals surface area contributed by atoms with E-state index in [-0.39, 0.29) is 6.10 Å². The predicted molar refractivity (Wildman–Crippen MR) is 130 cm³/mol. The highest BCUT2D eigenvalue weighted by Crippen LogP contribution is 2.67. The number of carbonyl (C=O) groups is 1. The Balaban J connectivity index is 1.25. The number of hydrogen-bond donors (Lipinski definition) is 1. The van der Waals surface area contributed by atoms with Crippen LogP contribution in [0, 0.1) is 46.3 Å². The zero-order valence-corrected chi connectivity index (χ0v) is 20.9. The fourth-order valence-electron chi connectivity index (χ4n) is 9.43. The molecule has 9 unspecified atom stereocenters. The van der Waals surface area contributed by atoms with Crippen molar-refractivity contribution in [3.8, 4) is 0 Å². The van der Waals surface area contributed by atoms with Crippen LogP contribution < -0.4 is 0 Å². The van der Waals surface area contributed by atoms with Gasteiger partial charge >= 0.3 is 0 Å². The van der Waals surface area contributed by atoms with Crippen molar-refractivity contribution >= 4 is 5.91 Å². The number of aliphatic hydroxyl groups excluding tert-OH is 1. The molecule has 1 amide bonds. The van der Waals surface area contributed by atoms with Crippen molar-refractivity contribution in [2.75, 3.05) is 13.1 Å². The molecule has 9 atom stereocenters. The molecule has 32 heavy (non-hydrogen) atoms. The number of fused-ring (bicyclic) bond motifs is 5. The number of aliphatic hydroxyl groups is 1. The van der Waals surface area contributed by atoms with E-state index in [0.717, 1.165) is 62.4 Å². The topological polar surface area (TPSA) is 40.5 Å². The number of likely N-dealkylation sites (tertiary alicyclic amines) is 1. The molecule has 4 aliphatic carbocycles. The molecule has 1 heterocycles. The van der Waals surface area contributed by atoms with Gasteiger partial charge in [0.15, 0.2) is 0 Å². The lowest BCUT2D eigenvalue weighted by atomic mass is 9.46. The van der Waals surface area contributed by atoms with E-state index in [1.807, 2.05) is 0 Å². The molecule has 1 N–H and O–H groups in total. The highest BCUT2D eigenvalue weighted by molar-refractivity contribution is 5.76. The van der Waals surface area contributed by atoms with Crippen molar-refractivity contribution < 1.29 is 9.90 Å². The summed E-state index contributed by atoms with van der Waals surface area (Å²) in [6, 6.07) is 0. The lowest BCUT2D eigenvalue weighted by molar-refractivity contribution is -0.132. The van der Waals surface area contributed by atoms with Crippen LogP contribution in [0.1, 0.15) is 97.8 Å². The Morgan fingerprint density at radius 2 is 1.72 bits per heavy atom. The Bertz CT molecular complexity index is 727. The SMILES string of the molecule is CC(CCC(=O)N1CCCCC1)C1CCC2C3C=CC4CC(O)CCC4(C)C3CCC12C. The van der Waals surface area contributed by atoms with E-state index in [0.29, 0.717) is 28.6 Å². The van der Waals surface area contributed by atoms with E-state index in [1.165, 1.54) is 51.4 Å². The van der Waals surface area contributed by atoms with E-state index in [9.17, 15) is 9.90 Å². The smallest absolute Gasteiger partial charge is 0.222 e. The number of allylic oxidation sites excluding steroid dienone is 2. The first-order valence-electron chi connectivity index (χ1n) is 14.0. The van der Waals surface area contributed by atoms with Gasteiger partial charge < -0.3 is 10.0 Å². The Kier molecular flexibility index (Phi) is 6.27. The summed E-state index contributed by atoms with van der Waals surface area (Å²) in [6.07, 6.45) is 19.2. The van der Waals surface area contributed by atoms with Gasteiger partial charge in [0.2, 0.25) is 5.91 Å². The minimum absolute atomic E-state index is 0.0903. The van der Waals surface area contributed by atoms with Crippen molar-refractivity contribution in [1.82, 2.24) is 4.90 Å². The number of carbonyl (C=O) groups excluding carboxylic acids is 1. The summed E-state index contributed by atoms with van der Waals surface area (Å²) in [5.74, 6) is 4.76. The van der Waals surface area contributed by atoms with Gasteiger partial charge in [0, 0.05) is 19.5 Å². The molecule has 5 aliphatic rings. The minimum Gasteiger partial charge on any atom is -0.393 e. The van der Waals surface area contributed by atoms with Gasteiger partial charge in [-0.2, -0.15) is 0 Å². The molecule has 3 nitrogen and oxygen atoms in total. The summed E-state index contributed by atoms with van der Waals surface area (Å²) in [5, 5.41) is 10.3. The van der Waals surface area contributed by atoms with Gasteiger partial charge in [-0.25, -0.2) is 0 Å². The average molecular weight is 442 g/mol. The van der Waals surface area contributed by atoms with E-state index in [1.54, 1.807) is 0 Å². The van der Waals surface area contributed by atoms with Crippen LogP contribution in [0.15, 0.2) is 12.2 Å². The molecule has 4 fully saturated rings. The van der Waals surface area contributed by atoms with Gasteiger partial charge in [0.05, 0.1) is 6.10 Å². The molecule has 5 rings (SSSR count). The maximum atomic E-state index is 12.8. The second-order valence-electron chi connectivity index (χ2n) is 12.9. The molecule has 1 saturated heterocycles. The third-order valence-corrected chi connectivity index (χ3v) is 11.4. The van der Waals surface area contributed by atoms with Gasteiger partial charge in [-0.3, -0.25) is 4.79 Å². The number of rotatable bonds is 4. The first-order valence-corrected chi connectivity index (χ1v) is 14.0. The van der Waals surface area contributed by atoms with E-state index < -0.39 is 0 Å². The molecule has 1 aliphatic heterocycles. The maximum absolute atomic E-state index is 12.8. The van der Waals surface area contributed by atoms with Gasteiger partial charge in [-0.1, -0.05) is 32.9 Å².